The van der Waals surface area contributed by atoms with E-state index in [1.54, 1.807) is 6.20 Å². The molecule has 3 nitrogen and oxygen atoms in total. The average molecular weight is 303 g/mol. The molecule has 1 atom stereocenters. The quantitative estimate of drug-likeness (QED) is 0.857. The van der Waals surface area contributed by atoms with Crippen LogP contribution in [0.2, 0.25) is 5.02 Å². The number of likely N-dealkylation sites (N-methyl/N-ethyl adjacent to an activating group) is 1. The molecule has 0 amide bonds. The Morgan fingerprint density at radius 2 is 2.05 bits per heavy atom. The summed E-state index contributed by atoms with van der Waals surface area (Å²) in [5.41, 5.74) is 2.14. The van der Waals surface area contributed by atoms with Crippen LogP contribution in [0.25, 0.3) is 11.1 Å². The third-order valence-electron chi connectivity index (χ3n) is 4.00. The molecular formula is C17H19ClN2O. The van der Waals surface area contributed by atoms with Gasteiger partial charge in [0.1, 0.15) is 12.4 Å². The SMILES string of the molecule is CN1CCC[C@@H]1COc1cncc(-c2ccc(Cl)cc2)c1. The van der Waals surface area contributed by atoms with Crippen molar-refractivity contribution in [3.8, 4) is 16.9 Å². The van der Waals surface area contributed by atoms with E-state index in [1.165, 1.54) is 12.8 Å². The van der Waals surface area contributed by atoms with Crippen molar-refractivity contribution >= 4 is 11.6 Å². The van der Waals surface area contributed by atoms with Crippen molar-refractivity contribution < 1.29 is 4.74 Å². The molecule has 0 N–H and O–H groups in total. The zero-order valence-corrected chi connectivity index (χ0v) is 12.9. The maximum absolute atomic E-state index is 5.92. The maximum Gasteiger partial charge on any atom is 0.138 e. The summed E-state index contributed by atoms with van der Waals surface area (Å²) in [7, 11) is 2.16. The van der Waals surface area contributed by atoms with Gasteiger partial charge in [-0.2, -0.15) is 0 Å². The predicted molar refractivity (Wildman–Crippen MR) is 85.8 cm³/mol. The topological polar surface area (TPSA) is 25.4 Å². The number of aromatic nitrogens is 1. The van der Waals surface area contributed by atoms with E-state index in [4.69, 9.17) is 16.3 Å². The van der Waals surface area contributed by atoms with E-state index in [0.29, 0.717) is 6.04 Å². The Balaban J connectivity index is 1.69. The highest BCUT2D eigenvalue weighted by Gasteiger charge is 2.21. The van der Waals surface area contributed by atoms with Crippen LogP contribution >= 0.6 is 11.6 Å². The monoisotopic (exact) mass is 302 g/mol. The van der Waals surface area contributed by atoms with E-state index in [1.807, 2.05) is 36.5 Å². The first kappa shape index (κ1) is 14.4. The number of nitrogens with zero attached hydrogens (tertiary/aromatic N) is 2. The van der Waals surface area contributed by atoms with Crippen molar-refractivity contribution in [2.24, 2.45) is 0 Å². The summed E-state index contributed by atoms with van der Waals surface area (Å²) in [6.07, 6.45) is 6.08. The van der Waals surface area contributed by atoms with E-state index in [-0.39, 0.29) is 0 Å². The summed E-state index contributed by atoms with van der Waals surface area (Å²) in [4.78, 5) is 6.63. The van der Waals surface area contributed by atoms with Crippen LogP contribution in [0, 0.1) is 0 Å². The van der Waals surface area contributed by atoms with Crippen LogP contribution in [-0.4, -0.2) is 36.1 Å². The van der Waals surface area contributed by atoms with E-state index >= 15 is 0 Å². The molecule has 0 spiro atoms. The highest BCUT2D eigenvalue weighted by atomic mass is 35.5. The van der Waals surface area contributed by atoms with Gasteiger partial charge >= 0.3 is 0 Å². The molecule has 21 heavy (non-hydrogen) atoms. The molecule has 2 heterocycles. The average Bonchev–Trinajstić information content (AvgIpc) is 2.91. The third kappa shape index (κ3) is 3.55. The molecule has 1 aliphatic heterocycles. The van der Waals surface area contributed by atoms with Crippen molar-refractivity contribution in [2.75, 3.05) is 20.2 Å². The smallest absolute Gasteiger partial charge is 0.138 e. The first-order chi connectivity index (χ1) is 10.2. The van der Waals surface area contributed by atoms with Crippen LogP contribution in [-0.2, 0) is 0 Å². The van der Waals surface area contributed by atoms with E-state index in [2.05, 4.69) is 16.9 Å². The Labute approximate surface area is 130 Å². The highest BCUT2D eigenvalue weighted by molar-refractivity contribution is 6.30. The standard InChI is InChI=1S/C17H19ClN2O/c1-20-8-2-3-16(20)12-21-17-9-14(10-19-11-17)13-4-6-15(18)7-5-13/h4-7,9-11,16H,2-3,8,12H2,1H3/t16-/m1/s1. The van der Waals surface area contributed by atoms with Gasteiger partial charge in [-0.25, -0.2) is 0 Å². The lowest BCUT2D eigenvalue weighted by atomic mass is 10.1. The lowest BCUT2D eigenvalue weighted by Crippen LogP contribution is -2.30. The van der Waals surface area contributed by atoms with Gasteiger partial charge in [0.15, 0.2) is 0 Å². The molecular weight excluding hydrogens is 284 g/mol. The summed E-state index contributed by atoms with van der Waals surface area (Å²) in [5.74, 6) is 0.822. The number of likely N-dealkylation sites (tertiary alicyclic amines) is 1. The highest BCUT2D eigenvalue weighted by Crippen LogP contribution is 2.24. The number of benzene rings is 1. The van der Waals surface area contributed by atoms with Crippen molar-refractivity contribution in [2.45, 2.75) is 18.9 Å². The molecule has 0 radical (unpaired) electrons. The normalized spacial score (nSPS) is 18.9. The molecule has 1 aliphatic rings. The maximum atomic E-state index is 5.92. The summed E-state index contributed by atoms with van der Waals surface area (Å²) in [5, 5.41) is 0.739. The number of rotatable bonds is 4. The molecule has 0 unspecified atom stereocenters. The molecule has 1 aromatic heterocycles. The second-order valence-electron chi connectivity index (χ2n) is 5.50. The van der Waals surface area contributed by atoms with Crippen molar-refractivity contribution in [1.82, 2.24) is 9.88 Å². The lowest BCUT2D eigenvalue weighted by molar-refractivity contribution is 0.198. The molecule has 1 saturated heterocycles. The summed E-state index contributed by atoms with van der Waals surface area (Å²) >= 11 is 5.92. The molecule has 110 valence electrons. The van der Waals surface area contributed by atoms with Gasteiger partial charge in [-0.3, -0.25) is 4.98 Å². The second kappa shape index (κ2) is 6.46. The van der Waals surface area contributed by atoms with Gasteiger partial charge in [0.05, 0.1) is 6.20 Å². The zero-order valence-electron chi connectivity index (χ0n) is 12.1. The second-order valence-corrected chi connectivity index (χ2v) is 5.94. The molecule has 0 bridgehead atoms. The van der Waals surface area contributed by atoms with Crippen LogP contribution in [0.5, 0.6) is 5.75 Å². The molecule has 2 aromatic rings. The Bertz CT molecular complexity index is 600. The van der Waals surface area contributed by atoms with E-state index in [0.717, 1.165) is 35.1 Å². The van der Waals surface area contributed by atoms with Crippen LogP contribution < -0.4 is 4.74 Å². The van der Waals surface area contributed by atoms with Gasteiger partial charge in [0.25, 0.3) is 0 Å². The minimum absolute atomic E-state index is 0.518. The fourth-order valence-electron chi connectivity index (χ4n) is 2.68. The van der Waals surface area contributed by atoms with E-state index < -0.39 is 0 Å². The third-order valence-corrected chi connectivity index (χ3v) is 4.26. The first-order valence-electron chi connectivity index (χ1n) is 7.26. The summed E-state index contributed by atoms with van der Waals surface area (Å²) in [6, 6.07) is 10.3. The summed E-state index contributed by atoms with van der Waals surface area (Å²) in [6.45, 7) is 1.89. The van der Waals surface area contributed by atoms with Gasteiger partial charge in [0.2, 0.25) is 0 Å². The number of hydrogen-bond acceptors (Lipinski definition) is 3. The number of halogens is 1. The number of ether oxygens (including phenoxy) is 1. The van der Waals surface area contributed by atoms with Crippen LogP contribution in [0.3, 0.4) is 0 Å². The Hall–Kier alpha value is -1.58. The summed E-state index contributed by atoms with van der Waals surface area (Å²) < 4.78 is 5.92. The fraction of sp³-hybridized carbons (Fsp3) is 0.353. The van der Waals surface area contributed by atoms with Crippen LogP contribution in [0.1, 0.15) is 12.8 Å². The molecule has 1 aromatic carbocycles. The van der Waals surface area contributed by atoms with Crippen molar-refractivity contribution in [1.29, 1.82) is 0 Å². The van der Waals surface area contributed by atoms with Crippen molar-refractivity contribution in [3.63, 3.8) is 0 Å². The van der Waals surface area contributed by atoms with Gasteiger partial charge in [-0.1, -0.05) is 23.7 Å². The molecule has 3 rings (SSSR count). The van der Waals surface area contributed by atoms with Gasteiger partial charge in [-0.15, -0.1) is 0 Å². The first-order valence-corrected chi connectivity index (χ1v) is 7.64. The fourth-order valence-corrected chi connectivity index (χ4v) is 2.81. The van der Waals surface area contributed by atoms with Crippen LogP contribution in [0.15, 0.2) is 42.7 Å². The Morgan fingerprint density at radius 3 is 2.76 bits per heavy atom. The lowest BCUT2D eigenvalue weighted by Gasteiger charge is -2.19. The number of pyridine rings is 1. The minimum Gasteiger partial charge on any atom is -0.490 e. The predicted octanol–water partition coefficient (Wildman–Crippen LogP) is 3.88. The molecule has 1 fully saturated rings. The largest absolute Gasteiger partial charge is 0.490 e. The number of hydrogen-bond donors (Lipinski definition) is 0. The van der Waals surface area contributed by atoms with Gasteiger partial charge in [-0.05, 0) is 50.2 Å². The minimum atomic E-state index is 0.518. The molecule has 0 aliphatic carbocycles. The molecule has 4 heteroatoms. The molecule has 0 saturated carbocycles. The van der Waals surface area contributed by atoms with Crippen LogP contribution in [0.4, 0.5) is 0 Å². The van der Waals surface area contributed by atoms with Gasteiger partial charge < -0.3 is 9.64 Å². The zero-order chi connectivity index (χ0) is 14.7. The Morgan fingerprint density at radius 1 is 1.24 bits per heavy atom. The van der Waals surface area contributed by atoms with E-state index in [9.17, 15) is 0 Å². The Kier molecular flexibility index (Phi) is 4.42. The van der Waals surface area contributed by atoms with Crippen molar-refractivity contribution in [3.05, 3.63) is 47.7 Å². The van der Waals surface area contributed by atoms with Gasteiger partial charge in [0, 0.05) is 22.8 Å².